The van der Waals surface area contributed by atoms with Crippen molar-refractivity contribution >= 4 is 34.4 Å². The number of halogens is 1. The number of amides is 3. The Morgan fingerprint density at radius 2 is 2.23 bits per heavy atom. The number of aromatic amines is 1. The molecule has 164 valence electrons. The molecule has 2 aromatic heterocycles. The molecule has 1 aliphatic rings. The van der Waals surface area contributed by atoms with E-state index in [0.717, 1.165) is 36.0 Å². The number of likely N-dealkylation sites (N-methyl/N-ethyl adjacent to an activating group) is 1. The van der Waals surface area contributed by atoms with Gasteiger partial charge in [-0.3, -0.25) is 9.48 Å². The first kappa shape index (κ1) is 21.2. The first-order valence-electron chi connectivity index (χ1n) is 10.5. The summed E-state index contributed by atoms with van der Waals surface area (Å²) in [5.74, 6) is 0.103. The summed E-state index contributed by atoms with van der Waals surface area (Å²) in [5, 5.41) is 8.80. The molecular weight excluding hydrogens is 416 g/mol. The van der Waals surface area contributed by atoms with E-state index in [1.54, 1.807) is 22.8 Å². The molecular formula is C22H27ClN6O2. The molecule has 0 aliphatic carbocycles. The Morgan fingerprint density at radius 1 is 1.35 bits per heavy atom. The molecule has 3 heterocycles. The van der Waals surface area contributed by atoms with Crippen LogP contribution in [0.4, 0.5) is 4.79 Å². The molecule has 1 fully saturated rings. The van der Waals surface area contributed by atoms with Crippen LogP contribution in [0, 0.1) is 0 Å². The Balaban J connectivity index is 1.28. The largest absolute Gasteiger partial charge is 0.357 e. The summed E-state index contributed by atoms with van der Waals surface area (Å²) in [4.78, 5) is 32.2. The lowest BCUT2D eigenvalue weighted by atomic mass is 10.0. The second-order valence-electron chi connectivity index (χ2n) is 7.95. The normalized spacial score (nSPS) is 16.5. The first-order chi connectivity index (χ1) is 15.0. The number of carbonyl (C=O) groups is 2. The van der Waals surface area contributed by atoms with E-state index < -0.39 is 0 Å². The lowest BCUT2D eigenvalue weighted by Gasteiger charge is -2.37. The molecule has 0 radical (unpaired) electrons. The number of aromatic nitrogens is 3. The van der Waals surface area contributed by atoms with E-state index in [0.29, 0.717) is 31.1 Å². The van der Waals surface area contributed by atoms with Gasteiger partial charge in [-0.2, -0.15) is 5.10 Å². The fourth-order valence-corrected chi connectivity index (χ4v) is 4.20. The lowest BCUT2D eigenvalue weighted by molar-refractivity contribution is -0.133. The van der Waals surface area contributed by atoms with Crippen LogP contribution in [-0.2, 0) is 17.9 Å². The molecule has 0 unspecified atom stereocenters. The van der Waals surface area contributed by atoms with Crippen molar-refractivity contribution in [2.24, 2.45) is 0 Å². The molecule has 1 atom stereocenters. The zero-order valence-corrected chi connectivity index (χ0v) is 18.3. The minimum absolute atomic E-state index is 0.00363. The molecule has 9 heteroatoms. The topological polar surface area (TPSA) is 86.3 Å². The SMILES string of the molecule is CN(C(=O)NCc1cc2cc(Cl)ccc2[nH]1)[C@@H]1CCCN(C(=O)CCn2cccn2)C1. The van der Waals surface area contributed by atoms with Crippen molar-refractivity contribution in [1.29, 1.82) is 0 Å². The van der Waals surface area contributed by atoms with Gasteiger partial charge in [-0.05, 0) is 43.2 Å². The molecule has 3 aromatic rings. The third kappa shape index (κ3) is 5.19. The first-order valence-corrected chi connectivity index (χ1v) is 10.9. The molecule has 31 heavy (non-hydrogen) atoms. The minimum atomic E-state index is -0.146. The Morgan fingerprint density at radius 3 is 3.03 bits per heavy atom. The summed E-state index contributed by atoms with van der Waals surface area (Å²) in [6.45, 7) is 2.27. The van der Waals surface area contributed by atoms with Gasteiger partial charge in [0.15, 0.2) is 0 Å². The minimum Gasteiger partial charge on any atom is -0.357 e. The molecule has 1 aliphatic heterocycles. The van der Waals surface area contributed by atoms with Crippen LogP contribution in [-0.4, -0.2) is 62.7 Å². The van der Waals surface area contributed by atoms with E-state index in [9.17, 15) is 9.59 Å². The monoisotopic (exact) mass is 442 g/mol. The molecule has 0 saturated carbocycles. The van der Waals surface area contributed by atoms with E-state index in [1.165, 1.54) is 0 Å². The molecule has 4 rings (SSSR count). The number of rotatable bonds is 6. The molecule has 0 bridgehead atoms. The van der Waals surface area contributed by atoms with Gasteiger partial charge < -0.3 is 20.1 Å². The predicted molar refractivity (Wildman–Crippen MR) is 120 cm³/mol. The van der Waals surface area contributed by atoms with Crippen molar-refractivity contribution < 1.29 is 9.59 Å². The van der Waals surface area contributed by atoms with Gasteiger partial charge in [-0.15, -0.1) is 0 Å². The number of benzene rings is 1. The van der Waals surface area contributed by atoms with Crippen LogP contribution in [0.15, 0.2) is 42.7 Å². The smallest absolute Gasteiger partial charge is 0.317 e. The Kier molecular flexibility index (Phi) is 6.46. The predicted octanol–water partition coefficient (Wildman–Crippen LogP) is 3.24. The Bertz CT molecular complexity index is 1050. The zero-order valence-electron chi connectivity index (χ0n) is 17.6. The lowest BCUT2D eigenvalue weighted by Crippen LogP contribution is -2.52. The standard InChI is InChI=1S/C22H27ClN6O2/c1-27(22(31)24-14-18-13-16-12-17(23)5-6-20(16)26-18)19-4-2-9-28(15-19)21(30)7-11-29-10-3-8-25-29/h3,5-6,8,10,12-13,19,26H,2,4,7,9,11,14-15H2,1H3,(H,24,31)/t19-/m1/s1. The second-order valence-corrected chi connectivity index (χ2v) is 8.39. The van der Waals surface area contributed by atoms with E-state index in [-0.39, 0.29) is 18.0 Å². The molecule has 1 saturated heterocycles. The van der Waals surface area contributed by atoms with E-state index in [1.807, 2.05) is 41.4 Å². The number of nitrogens with one attached hydrogen (secondary N) is 2. The number of likely N-dealkylation sites (tertiary alicyclic amines) is 1. The number of fused-ring (bicyclic) bond motifs is 1. The second kappa shape index (κ2) is 9.43. The highest BCUT2D eigenvalue weighted by Crippen LogP contribution is 2.20. The molecule has 8 nitrogen and oxygen atoms in total. The van der Waals surface area contributed by atoms with Gasteiger partial charge in [0, 0.05) is 67.1 Å². The van der Waals surface area contributed by atoms with Crippen LogP contribution >= 0.6 is 11.6 Å². The maximum atomic E-state index is 12.7. The van der Waals surface area contributed by atoms with Crippen molar-refractivity contribution in [2.45, 2.75) is 38.4 Å². The summed E-state index contributed by atoms with van der Waals surface area (Å²) in [6, 6.07) is 9.35. The van der Waals surface area contributed by atoms with Crippen molar-refractivity contribution in [3.8, 4) is 0 Å². The third-order valence-corrected chi connectivity index (χ3v) is 6.03. The number of H-pyrrole nitrogens is 1. The number of hydrogen-bond donors (Lipinski definition) is 2. The van der Waals surface area contributed by atoms with E-state index in [4.69, 9.17) is 11.6 Å². The number of nitrogens with zero attached hydrogens (tertiary/aromatic N) is 4. The molecule has 2 N–H and O–H groups in total. The summed E-state index contributed by atoms with van der Waals surface area (Å²) in [6.07, 6.45) is 5.75. The number of aryl methyl sites for hydroxylation is 1. The zero-order chi connectivity index (χ0) is 21.8. The third-order valence-electron chi connectivity index (χ3n) is 5.80. The summed E-state index contributed by atoms with van der Waals surface area (Å²) in [5.41, 5.74) is 1.90. The highest BCUT2D eigenvalue weighted by Gasteiger charge is 2.28. The van der Waals surface area contributed by atoms with E-state index >= 15 is 0 Å². The van der Waals surface area contributed by atoms with Crippen LogP contribution in [0.5, 0.6) is 0 Å². The number of carbonyl (C=O) groups excluding carboxylic acids is 2. The number of piperidine rings is 1. The van der Waals surface area contributed by atoms with Gasteiger partial charge in [-0.25, -0.2) is 4.79 Å². The van der Waals surface area contributed by atoms with Crippen molar-refractivity contribution in [1.82, 2.24) is 29.9 Å². The van der Waals surface area contributed by atoms with Crippen LogP contribution < -0.4 is 5.32 Å². The van der Waals surface area contributed by atoms with Gasteiger partial charge in [-0.1, -0.05) is 11.6 Å². The highest BCUT2D eigenvalue weighted by atomic mass is 35.5. The Labute approximate surface area is 186 Å². The molecule has 1 aromatic carbocycles. The van der Waals surface area contributed by atoms with E-state index in [2.05, 4.69) is 15.4 Å². The van der Waals surface area contributed by atoms with Crippen LogP contribution in [0.3, 0.4) is 0 Å². The molecule has 0 spiro atoms. The van der Waals surface area contributed by atoms with Gasteiger partial charge in [0.2, 0.25) is 5.91 Å². The Hall–Kier alpha value is -3.00. The van der Waals surface area contributed by atoms with Gasteiger partial charge in [0.1, 0.15) is 0 Å². The van der Waals surface area contributed by atoms with Crippen molar-refractivity contribution in [3.63, 3.8) is 0 Å². The summed E-state index contributed by atoms with van der Waals surface area (Å²) in [7, 11) is 1.79. The van der Waals surface area contributed by atoms with Crippen molar-refractivity contribution in [2.75, 3.05) is 20.1 Å². The summed E-state index contributed by atoms with van der Waals surface area (Å²) >= 11 is 6.04. The van der Waals surface area contributed by atoms with Gasteiger partial charge >= 0.3 is 6.03 Å². The van der Waals surface area contributed by atoms with Crippen LogP contribution in [0.2, 0.25) is 5.02 Å². The highest BCUT2D eigenvalue weighted by molar-refractivity contribution is 6.31. The quantitative estimate of drug-likeness (QED) is 0.614. The number of hydrogen-bond acceptors (Lipinski definition) is 3. The fraction of sp³-hybridized carbons (Fsp3) is 0.409. The maximum Gasteiger partial charge on any atom is 0.317 e. The van der Waals surface area contributed by atoms with Gasteiger partial charge in [0.25, 0.3) is 0 Å². The fourth-order valence-electron chi connectivity index (χ4n) is 4.02. The van der Waals surface area contributed by atoms with Gasteiger partial charge in [0.05, 0.1) is 12.6 Å². The average Bonchev–Trinajstić information content (AvgIpc) is 3.44. The molecule has 3 amide bonds. The average molecular weight is 443 g/mol. The maximum absolute atomic E-state index is 12.7. The van der Waals surface area contributed by atoms with Crippen LogP contribution in [0.1, 0.15) is 25.0 Å². The van der Waals surface area contributed by atoms with Crippen LogP contribution in [0.25, 0.3) is 10.9 Å². The van der Waals surface area contributed by atoms with Crippen molar-refractivity contribution in [3.05, 3.63) is 53.4 Å². The number of urea groups is 1. The summed E-state index contributed by atoms with van der Waals surface area (Å²) < 4.78 is 1.76.